The molecule has 1 heterocycles. The molecule has 0 amide bonds. The molecule has 20 heavy (non-hydrogen) atoms. The first-order chi connectivity index (χ1) is 9.65. The zero-order valence-corrected chi connectivity index (χ0v) is 11.7. The third kappa shape index (κ3) is 3.02. The summed E-state index contributed by atoms with van der Waals surface area (Å²) in [6, 6.07) is 10.6. The molecule has 5 nitrogen and oxygen atoms in total. The first-order valence-electron chi connectivity index (χ1n) is 6.53. The molecule has 2 N–H and O–H groups in total. The second-order valence-corrected chi connectivity index (χ2v) is 6.51. The molecule has 0 atom stereocenters. The van der Waals surface area contributed by atoms with Crippen molar-refractivity contribution in [1.82, 2.24) is 4.72 Å². The lowest BCUT2D eigenvalue weighted by atomic mass is 10.3. The Hall–Kier alpha value is -1.79. The van der Waals surface area contributed by atoms with Crippen LogP contribution in [0.2, 0.25) is 0 Å². The summed E-state index contributed by atoms with van der Waals surface area (Å²) < 4.78 is 32.5. The monoisotopic (exact) mass is 292 g/mol. The zero-order chi connectivity index (χ0) is 14.0. The number of benzene rings is 1. The van der Waals surface area contributed by atoms with Crippen LogP contribution in [0.1, 0.15) is 18.6 Å². The van der Waals surface area contributed by atoms with Crippen LogP contribution in [0, 0.1) is 0 Å². The summed E-state index contributed by atoms with van der Waals surface area (Å²) in [5.74, 6) is 0.757. The molecule has 1 saturated carbocycles. The highest BCUT2D eigenvalue weighted by Crippen LogP contribution is 2.26. The molecule has 1 aliphatic rings. The Labute approximate surface area is 118 Å². The van der Waals surface area contributed by atoms with Gasteiger partial charge in [-0.3, -0.25) is 0 Å². The van der Waals surface area contributed by atoms with Gasteiger partial charge in [0, 0.05) is 6.04 Å². The highest BCUT2D eigenvalue weighted by Gasteiger charge is 2.29. The van der Waals surface area contributed by atoms with Gasteiger partial charge in [0.2, 0.25) is 10.0 Å². The zero-order valence-electron chi connectivity index (χ0n) is 10.9. The van der Waals surface area contributed by atoms with Crippen LogP contribution in [0.5, 0.6) is 0 Å². The van der Waals surface area contributed by atoms with Crippen molar-refractivity contribution >= 4 is 15.7 Å². The quantitative estimate of drug-likeness (QED) is 0.857. The summed E-state index contributed by atoms with van der Waals surface area (Å²) >= 11 is 0. The number of furan rings is 1. The average molecular weight is 292 g/mol. The number of hydrogen-bond acceptors (Lipinski definition) is 4. The third-order valence-electron chi connectivity index (χ3n) is 3.11. The summed E-state index contributed by atoms with van der Waals surface area (Å²) in [6.07, 6.45) is 3.43. The largest absolute Gasteiger partial charge is 0.467 e. The predicted molar refractivity (Wildman–Crippen MR) is 75.8 cm³/mol. The van der Waals surface area contributed by atoms with Crippen molar-refractivity contribution in [3.05, 3.63) is 48.4 Å². The van der Waals surface area contributed by atoms with E-state index in [1.807, 2.05) is 6.07 Å². The van der Waals surface area contributed by atoms with Crippen LogP contribution in [0.25, 0.3) is 0 Å². The minimum atomic E-state index is -3.46. The Balaban J connectivity index is 1.80. The van der Waals surface area contributed by atoms with Crippen molar-refractivity contribution in [2.24, 2.45) is 0 Å². The molecule has 0 aliphatic heterocycles. The van der Waals surface area contributed by atoms with Gasteiger partial charge in [-0.05, 0) is 37.1 Å². The Morgan fingerprint density at radius 1 is 1.15 bits per heavy atom. The van der Waals surface area contributed by atoms with E-state index < -0.39 is 10.0 Å². The van der Waals surface area contributed by atoms with E-state index in [-0.39, 0.29) is 10.9 Å². The average Bonchev–Trinajstić information content (AvgIpc) is 3.07. The molecular formula is C14H16N2O3S. The lowest BCUT2D eigenvalue weighted by Gasteiger charge is -2.12. The van der Waals surface area contributed by atoms with Gasteiger partial charge in [0.15, 0.2) is 0 Å². The number of rotatable bonds is 6. The molecule has 106 valence electrons. The van der Waals surface area contributed by atoms with Crippen molar-refractivity contribution in [2.45, 2.75) is 30.3 Å². The fraction of sp³-hybridized carbons (Fsp3) is 0.286. The van der Waals surface area contributed by atoms with Crippen molar-refractivity contribution in [1.29, 1.82) is 0 Å². The minimum Gasteiger partial charge on any atom is -0.467 e. The number of hydrogen-bond donors (Lipinski definition) is 2. The SMILES string of the molecule is O=S(=O)(NC1CC1)c1ccccc1NCc1ccco1. The first-order valence-corrected chi connectivity index (χ1v) is 8.01. The lowest BCUT2D eigenvalue weighted by Crippen LogP contribution is -2.26. The maximum Gasteiger partial charge on any atom is 0.242 e. The van der Waals surface area contributed by atoms with Crippen LogP contribution in [-0.4, -0.2) is 14.5 Å². The molecule has 0 bridgehead atoms. The molecule has 1 aromatic carbocycles. The molecule has 0 saturated heterocycles. The van der Waals surface area contributed by atoms with Gasteiger partial charge in [-0.25, -0.2) is 13.1 Å². The van der Waals surface area contributed by atoms with Gasteiger partial charge in [-0.2, -0.15) is 0 Å². The summed E-state index contributed by atoms with van der Waals surface area (Å²) in [5, 5.41) is 3.10. The second kappa shape index (κ2) is 5.30. The van der Waals surface area contributed by atoms with Crippen LogP contribution in [-0.2, 0) is 16.6 Å². The summed E-state index contributed by atoms with van der Waals surface area (Å²) in [7, 11) is -3.46. The van der Waals surface area contributed by atoms with E-state index in [1.54, 1.807) is 36.6 Å². The standard InChI is InChI=1S/C14H16N2O3S/c17-20(18,16-11-7-8-11)14-6-2-1-5-13(14)15-10-12-4-3-9-19-12/h1-6,9,11,15-16H,7-8,10H2. The highest BCUT2D eigenvalue weighted by molar-refractivity contribution is 7.89. The van der Waals surface area contributed by atoms with E-state index in [0.717, 1.165) is 18.6 Å². The molecular weight excluding hydrogens is 276 g/mol. The van der Waals surface area contributed by atoms with Gasteiger partial charge in [0.05, 0.1) is 18.5 Å². The molecule has 0 unspecified atom stereocenters. The normalized spacial score (nSPS) is 15.2. The van der Waals surface area contributed by atoms with Crippen LogP contribution >= 0.6 is 0 Å². The van der Waals surface area contributed by atoms with Gasteiger partial charge >= 0.3 is 0 Å². The molecule has 6 heteroatoms. The Morgan fingerprint density at radius 2 is 1.95 bits per heavy atom. The van der Waals surface area contributed by atoms with Gasteiger partial charge < -0.3 is 9.73 Å². The van der Waals surface area contributed by atoms with Crippen LogP contribution in [0.3, 0.4) is 0 Å². The predicted octanol–water partition coefficient (Wildman–Crippen LogP) is 2.33. The van der Waals surface area contributed by atoms with Gasteiger partial charge in [0.1, 0.15) is 10.7 Å². The number of para-hydroxylation sites is 1. The first kappa shape index (κ1) is 13.2. The molecule has 0 spiro atoms. The highest BCUT2D eigenvalue weighted by atomic mass is 32.2. The van der Waals surface area contributed by atoms with Gasteiger partial charge in [-0.1, -0.05) is 12.1 Å². The molecule has 1 aromatic heterocycles. The molecule has 3 rings (SSSR count). The Kier molecular flexibility index (Phi) is 3.50. The van der Waals surface area contributed by atoms with E-state index in [9.17, 15) is 8.42 Å². The van der Waals surface area contributed by atoms with Crippen molar-refractivity contribution in [3.8, 4) is 0 Å². The maximum absolute atomic E-state index is 12.3. The summed E-state index contributed by atoms with van der Waals surface area (Å²) in [5.41, 5.74) is 0.581. The molecule has 0 radical (unpaired) electrons. The van der Waals surface area contributed by atoms with E-state index in [1.165, 1.54) is 0 Å². The lowest BCUT2D eigenvalue weighted by molar-refractivity contribution is 0.517. The van der Waals surface area contributed by atoms with Crippen LogP contribution in [0.4, 0.5) is 5.69 Å². The topological polar surface area (TPSA) is 71.3 Å². The Bertz CT molecular complexity index is 676. The van der Waals surface area contributed by atoms with E-state index >= 15 is 0 Å². The maximum atomic E-state index is 12.3. The van der Waals surface area contributed by atoms with Crippen molar-refractivity contribution < 1.29 is 12.8 Å². The van der Waals surface area contributed by atoms with Crippen LogP contribution < -0.4 is 10.0 Å². The van der Waals surface area contributed by atoms with Crippen molar-refractivity contribution in [2.75, 3.05) is 5.32 Å². The fourth-order valence-electron chi connectivity index (χ4n) is 1.93. The molecule has 1 fully saturated rings. The Morgan fingerprint density at radius 3 is 2.65 bits per heavy atom. The number of anilines is 1. The van der Waals surface area contributed by atoms with E-state index in [4.69, 9.17) is 4.42 Å². The smallest absolute Gasteiger partial charge is 0.242 e. The van der Waals surface area contributed by atoms with Gasteiger partial charge in [0.25, 0.3) is 0 Å². The number of nitrogens with one attached hydrogen (secondary N) is 2. The third-order valence-corrected chi connectivity index (χ3v) is 4.69. The van der Waals surface area contributed by atoms with Gasteiger partial charge in [-0.15, -0.1) is 0 Å². The minimum absolute atomic E-state index is 0.0955. The fourth-order valence-corrected chi connectivity index (χ4v) is 3.42. The number of sulfonamides is 1. The summed E-state index contributed by atoms with van der Waals surface area (Å²) in [6.45, 7) is 0.447. The molecule has 1 aliphatic carbocycles. The summed E-state index contributed by atoms with van der Waals surface area (Å²) in [4.78, 5) is 0.276. The molecule has 2 aromatic rings. The second-order valence-electron chi connectivity index (χ2n) is 4.82. The van der Waals surface area contributed by atoms with Crippen LogP contribution in [0.15, 0.2) is 52.0 Å². The van der Waals surface area contributed by atoms with E-state index in [2.05, 4.69) is 10.0 Å². The van der Waals surface area contributed by atoms with E-state index in [0.29, 0.717) is 12.2 Å². The van der Waals surface area contributed by atoms with Crippen molar-refractivity contribution in [3.63, 3.8) is 0 Å².